The molecule has 0 fully saturated rings. The van der Waals surface area contributed by atoms with E-state index in [1.165, 1.54) is 0 Å². The molecule has 3 rings (SSSR count). The number of aryl methyl sites for hydroxylation is 1. The second kappa shape index (κ2) is 4.23. The van der Waals surface area contributed by atoms with Gasteiger partial charge in [0.15, 0.2) is 0 Å². The van der Waals surface area contributed by atoms with Gasteiger partial charge in [0.1, 0.15) is 5.65 Å². The molecule has 0 aromatic carbocycles. The van der Waals surface area contributed by atoms with Gasteiger partial charge >= 0.3 is 0 Å². The molecule has 3 aromatic rings. The van der Waals surface area contributed by atoms with Crippen LogP contribution in [0.5, 0.6) is 0 Å². The number of hydrogen-bond acceptors (Lipinski definition) is 3. The molecular weight excluding hydrogens is 224 g/mol. The molecule has 0 aliphatic heterocycles. The average molecular weight is 238 g/mol. The van der Waals surface area contributed by atoms with Crippen LogP contribution in [0, 0.1) is 6.92 Å². The van der Waals surface area contributed by atoms with Crippen LogP contribution in [0.15, 0.2) is 49.1 Å². The van der Waals surface area contributed by atoms with Crippen LogP contribution in [0.1, 0.15) is 22.9 Å². The van der Waals surface area contributed by atoms with Crippen molar-refractivity contribution >= 4 is 5.65 Å². The Labute approximate surface area is 105 Å². The summed E-state index contributed by atoms with van der Waals surface area (Å²) in [4.78, 5) is 8.44. The fourth-order valence-corrected chi connectivity index (χ4v) is 2.14. The van der Waals surface area contributed by atoms with Crippen molar-refractivity contribution in [2.45, 2.75) is 13.0 Å². The molecule has 3 heterocycles. The van der Waals surface area contributed by atoms with E-state index < -0.39 is 0 Å². The molecule has 0 amide bonds. The van der Waals surface area contributed by atoms with Gasteiger partial charge in [-0.2, -0.15) is 0 Å². The number of aromatic nitrogens is 3. The number of nitrogens with two attached hydrogens (primary N) is 1. The third-order valence-electron chi connectivity index (χ3n) is 3.14. The highest BCUT2D eigenvalue weighted by Gasteiger charge is 2.14. The van der Waals surface area contributed by atoms with E-state index in [0.29, 0.717) is 0 Å². The van der Waals surface area contributed by atoms with Gasteiger partial charge in [-0.1, -0.05) is 6.07 Å². The van der Waals surface area contributed by atoms with Crippen molar-refractivity contribution in [3.63, 3.8) is 0 Å². The van der Waals surface area contributed by atoms with Gasteiger partial charge in [-0.25, -0.2) is 4.98 Å². The van der Waals surface area contributed by atoms with Crippen molar-refractivity contribution < 1.29 is 0 Å². The lowest BCUT2D eigenvalue weighted by Gasteiger charge is -2.11. The predicted octanol–water partition coefficient (Wildman–Crippen LogP) is 2.09. The normalized spacial score (nSPS) is 12.8. The van der Waals surface area contributed by atoms with Crippen molar-refractivity contribution in [3.8, 4) is 0 Å². The van der Waals surface area contributed by atoms with Gasteiger partial charge in [-0.05, 0) is 36.2 Å². The lowest BCUT2D eigenvalue weighted by atomic mass is 10.1. The maximum Gasteiger partial charge on any atom is 0.139 e. The number of hydrogen-bond donors (Lipinski definition) is 1. The van der Waals surface area contributed by atoms with Gasteiger partial charge in [-0.3, -0.25) is 4.98 Å². The van der Waals surface area contributed by atoms with Crippen LogP contribution in [-0.2, 0) is 0 Å². The highest BCUT2D eigenvalue weighted by molar-refractivity contribution is 5.49. The van der Waals surface area contributed by atoms with E-state index in [4.69, 9.17) is 5.73 Å². The van der Waals surface area contributed by atoms with E-state index in [0.717, 1.165) is 22.5 Å². The van der Waals surface area contributed by atoms with E-state index >= 15 is 0 Å². The van der Waals surface area contributed by atoms with Gasteiger partial charge in [0.25, 0.3) is 0 Å². The first kappa shape index (κ1) is 10.9. The third-order valence-corrected chi connectivity index (χ3v) is 3.14. The molecule has 0 spiro atoms. The van der Waals surface area contributed by atoms with Gasteiger partial charge in [0.2, 0.25) is 0 Å². The Balaban J connectivity index is 2.13. The van der Waals surface area contributed by atoms with Gasteiger partial charge in [0.05, 0.1) is 17.9 Å². The summed E-state index contributed by atoms with van der Waals surface area (Å²) in [5, 5.41) is 0. The second-order valence-electron chi connectivity index (χ2n) is 4.33. The highest BCUT2D eigenvalue weighted by Crippen LogP contribution is 2.21. The molecule has 18 heavy (non-hydrogen) atoms. The summed E-state index contributed by atoms with van der Waals surface area (Å²) in [5.41, 5.74) is 10.4. The fraction of sp³-hybridized carbons (Fsp3) is 0.143. The van der Waals surface area contributed by atoms with Crippen molar-refractivity contribution in [3.05, 3.63) is 65.9 Å². The first-order chi connectivity index (χ1) is 8.77. The summed E-state index contributed by atoms with van der Waals surface area (Å²) in [6.07, 6.45) is 7.34. The van der Waals surface area contributed by atoms with E-state index in [9.17, 15) is 0 Å². The SMILES string of the molecule is Cc1cccn2c(C(N)c3ccncc3)cnc12. The van der Waals surface area contributed by atoms with Crippen LogP contribution in [-0.4, -0.2) is 14.4 Å². The summed E-state index contributed by atoms with van der Waals surface area (Å²) >= 11 is 0. The van der Waals surface area contributed by atoms with E-state index in [1.54, 1.807) is 12.4 Å². The van der Waals surface area contributed by atoms with Gasteiger partial charge in [-0.15, -0.1) is 0 Å². The zero-order chi connectivity index (χ0) is 12.5. The summed E-state index contributed by atoms with van der Waals surface area (Å²) < 4.78 is 2.04. The molecule has 2 N–H and O–H groups in total. The first-order valence-corrected chi connectivity index (χ1v) is 5.85. The Morgan fingerprint density at radius 2 is 2.00 bits per heavy atom. The maximum atomic E-state index is 6.29. The zero-order valence-corrected chi connectivity index (χ0v) is 10.1. The van der Waals surface area contributed by atoms with Crippen LogP contribution in [0.4, 0.5) is 0 Å². The molecule has 0 aliphatic carbocycles. The zero-order valence-electron chi connectivity index (χ0n) is 10.1. The van der Waals surface area contributed by atoms with E-state index in [2.05, 4.69) is 9.97 Å². The van der Waals surface area contributed by atoms with Crippen LogP contribution in [0.2, 0.25) is 0 Å². The molecule has 1 atom stereocenters. The van der Waals surface area contributed by atoms with E-state index in [1.807, 2.05) is 48.0 Å². The summed E-state index contributed by atoms with van der Waals surface area (Å²) in [6, 6.07) is 7.72. The molecule has 0 aliphatic rings. The lowest BCUT2D eigenvalue weighted by Crippen LogP contribution is -2.14. The fourth-order valence-electron chi connectivity index (χ4n) is 2.14. The smallest absolute Gasteiger partial charge is 0.139 e. The Kier molecular flexibility index (Phi) is 2.57. The number of imidazole rings is 1. The minimum absolute atomic E-state index is 0.190. The quantitative estimate of drug-likeness (QED) is 0.743. The molecule has 0 saturated carbocycles. The third kappa shape index (κ3) is 1.67. The summed E-state index contributed by atoms with van der Waals surface area (Å²) in [5.74, 6) is 0. The van der Waals surface area contributed by atoms with Crippen molar-refractivity contribution in [1.82, 2.24) is 14.4 Å². The Morgan fingerprint density at radius 1 is 1.22 bits per heavy atom. The first-order valence-electron chi connectivity index (χ1n) is 5.85. The number of pyridine rings is 2. The Morgan fingerprint density at radius 3 is 2.78 bits per heavy atom. The molecule has 4 nitrogen and oxygen atoms in total. The van der Waals surface area contributed by atoms with Crippen molar-refractivity contribution in [2.24, 2.45) is 5.73 Å². The Hall–Kier alpha value is -2.20. The minimum Gasteiger partial charge on any atom is -0.319 e. The van der Waals surface area contributed by atoms with Crippen LogP contribution in [0.3, 0.4) is 0 Å². The maximum absolute atomic E-state index is 6.29. The second-order valence-corrected chi connectivity index (χ2v) is 4.33. The monoisotopic (exact) mass is 238 g/mol. The highest BCUT2D eigenvalue weighted by atomic mass is 15.0. The largest absolute Gasteiger partial charge is 0.319 e. The number of fused-ring (bicyclic) bond motifs is 1. The van der Waals surface area contributed by atoms with Gasteiger partial charge < -0.3 is 10.1 Å². The Bertz CT molecular complexity index is 673. The topological polar surface area (TPSA) is 56.2 Å². The minimum atomic E-state index is -0.190. The van der Waals surface area contributed by atoms with E-state index in [-0.39, 0.29) is 6.04 Å². The summed E-state index contributed by atoms with van der Waals surface area (Å²) in [6.45, 7) is 2.05. The molecule has 3 aromatic heterocycles. The summed E-state index contributed by atoms with van der Waals surface area (Å²) in [7, 11) is 0. The van der Waals surface area contributed by atoms with Crippen LogP contribution >= 0.6 is 0 Å². The molecule has 0 saturated heterocycles. The molecule has 90 valence electrons. The lowest BCUT2D eigenvalue weighted by molar-refractivity contribution is 0.812. The molecule has 0 radical (unpaired) electrons. The standard InChI is InChI=1S/C14H14N4/c1-10-3-2-8-18-12(9-17-14(10)18)13(15)11-4-6-16-7-5-11/h2-9,13H,15H2,1H3. The molecule has 0 bridgehead atoms. The van der Waals surface area contributed by atoms with Crippen LogP contribution in [0.25, 0.3) is 5.65 Å². The van der Waals surface area contributed by atoms with Crippen LogP contribution < -0.4 is 5.73 Å². The molecule has 1 unspecified atom stereocenters. The molecular formula is C14H14N4. The number of rotatable bonds is 2. The molecule has 4 heteroatoms. The number of nitrogens with zero attached hydrogens (tertiary/aromatic N) is 3. The van der Waals surface area contributed by atoms with Crippen molar-refractivity contribution in [1.29, 1.82) is 0 Å². The average Bonchev–Trinajstić information content (AvgIpc) is 2.84. The predicted molar refractivity (Wildman–Crippen MR) is 70.2 cm³/mol. The van der Waals surface area contributed by atoms with Crippen molar-refractivity contribution in [2.75, 3.05) is 0 Å². The van der Waals surface area contributed by atoms with Gasteiger partial charge in [0, 0.05) is 18.6 Å².